The lowest BCUT2D eigenvalue weighted by Gasteiger charge is -2.29. The van der Waals surface area contributed by atoms with Crippen LogP contribution >= 0.6 is 0 Å². The molecule has 1 N–H and O–H groups in total. The monoisotopic (exact) mass is 176 g/mol. The Morgan fingerprint density at radius 3 is 3.00 bits per heavy atom. The Bertz CT molecular complexity index is 277. The molecule has 0 atom stereocenters. The van der Waals surface area contributed by atoms with E-state index < -0.39 is 0 Å². The topological polar surface area (TPSA) is 15.3 Å². The van der Waals surface area contributed by atoms with E-state index in [2.05, 4.69) is 41.4 Å². The van der Waals surface area contributed by atoms with Gasteiger partial charge in [-0.05, 0) is 37.6 Å². The van der Waals surface area contributed by atoms with Gasteiger partial charge in [0.1, 0.15) is 0 Å². The lowest BCUT2D eigenvalue weighted by atomic mass is 10.2. The highest BCUT2D eigenvalue weighted by atomic mass is 15.2. The van der Waals surface area contributed by atoms with Crippen LogP contribution in [0.25, 0.3) is 0 Å². The maximum absolute atomic E-state index is 3.38. The van der Waals surface area contributed by atoms with Crippen molar-refractivity contribution in [3.8, 4) is 0 Å². The van der Waals surface area contributed by atoms with E-state index in [1.54, 1.807) is 0 Å². The Morgan fingerprint density at radius 1 is 1.38 bits per heavy atom. The van der Waals surface area contributed by atoms with Crippen molar-refractivity contribution in [1.29, 1.82) is 0 Å². The molecule has 1 aromatic carbocycles. The second kappa shape index (κ2) is 3.79. The van der Waals surface area contributed by atoms with Crippen molar-refractivity contribution in [1.82, 2.24) is 5.32 Å². The van der Waals surface area contributed by atoms with Crippen LogP contribution in [0.15, 0.2) is 24.3 Å². The van der Waals surface area contributed by atoms with Crippen LogP contribution in [0.2, 0.25) is 0 Å². The van der Waals surface area contributed by atoms with Crippen molar-refractivity contribution >= 4 is 5.69 Å². The first kappa shape index (κ1) is 8.57. The van der Waals surface area contributed by atoms with E-state index in [1.165, 1.54) is 24.2 Å². The minimum atomic E-state index is 0.990. The van der Waals surface area contributed by atoms with Crippen molar-refractivity contribution in [2.75, 3.05) is 24.7 Å². The predicted molar refractivity (Wildman–Crippen MR) is 56.0 cm³/mol. The largest absolute Gasteiger partial charge is 0.359 e. The highest BCUT2D eigenvalue weighted by Crippen LogP contribution is 2.16. The standard InChI is InChI=1S/C11H16N2/c1-10-4-2-5-11(8-10)13-7-3-6-12-9-13/h2,4-5,8,12H,3,6-7,9H2,1H3. The number of anilines is 1. The normalized spacial score (nSPS) is 17.5. The van der Waals surface area contributed by atoms with Gasteiger partial charge >= 0.3 is 0 Å². The minimum absolute atomic E-state index is 0.990. The molecule has 1 heterocycles. The second-order valence-electron chi connectivity index (χ2n) is 3.61. The van der Waals surface area contributed by atoms with Gasteiger partial charge in [0.25, 0.3) is 0 Å². The zero-order valence-corrected chi connectivity index (χ0v) is 8.09. The average Bonchev–Trinajstić information content (AvgIpc) is 2.19. The molecular formula is C11H16N2. The van der Waals surface area contributed by atoms with Gasteiger partial charge in [-0.15, -0.1) is 0 Å². The van der Waals surface area contributed by atoms with Crippen molar-refractivity contribution in [3.05, 3.63) is 29.8 Å². The first-order valence-electron chi connectivity index (χ1n) is 4.88. The zero-order valence-electron chi connectivity index (χ0n) is 8.09. The van der Waals surface area contributed by atoms with Crippen LogP contribution in [0.5, 0.6) is 0 Å². The van der Waals surface area contributed by atoms with Gasteiger partial charge in [-0.1, -0.05) is 12.1 Å². The maximum Gasteiger partial charge on any atom is 0.0682 e. The van der Waals surface area contributed by atoms with Crippen molar-refractivity contribution in [2.45, 2.75) is 13.3 Å². The highest BCUT2D eigenvalue weighted by Gasteiger charge is 2.09. The minimum Gasteiger partial charge on any atom is -0.359 e. The summed E-state index contributed by atoms with van der Waals surface area (Å²) in [6.45, 7) is 5.46. The van der Waals surface area contributed by atoms with Crippen LogP contribution in [0.3, 0.4) is 0 Å². The Morgan fingerprint density at radius 2 is 2.31 bits per heavy atom. The zero-order chi connectivity index (χ0) is 9.10. The molecule has 1 aliphatic heterocycles. The van der Waals surface area contributed by atoms with Gasteiger partial charge in [0.2, 0.25) is 0 Å². The molecule has 13 heavy (non-hydrogen) atoms. The Hall–Kier alpha value is -1.02. The number of rotatable bonds is 1. The van der Waals surface area contributed by atoms with Gasteiger partial charge in [-0.25, -0.2) is 0 Å². The molecule has 2 nitrogen and oxygen atoms in total. The van der Waals surface area contributed by atoms with E-state index >= 15 is 0 Å². The third-order valence-corrected chi connectivity index (χ3v) is 2.45. The molecule has 1 aliphatic rings. The fraction of sp³-hybridized carbons (Fsp3) is 0.455. The van der Waals surface area contributed by atoms with Crippen LogP contribution in [0, 0.1) is 6.92 Å². The lowest BCUT2D eigenvalue weighted by molar-refractivity contribution is 0.553. The van der Waals surface area contributed by atoms with Crippen molar-refractivity contribution in [2.24, 2.45) is 0 Å². The van der Waals surface area contributed by atoms with Crippen LogP contribution < -0.4 is 10.2 Å². The molecule has 0 radical (unpaired) electrons. The summed E-state index contributed by atoms with van der Waals surface area (Å²) < 4.78 is 0. The summed E-state index contributed by atoms with van der Waals surface area (Å²) in [4.78, 5) is 2.39. The van der Waals surface area contributed by atoms with E-state index in [1.807, 2.05) is 0 Å². The van der Waals surface area contributed by atoms with Crippen LogP contribution in [0.4, 0.5) is 5.69 Å². The number of hydrogen-bond acceptors (Lipinski definition) is 2. The highest BCUT2D eigenvalue weighted by molar-refractivity contribution is 5.48. The van der Waals surface area contributed by atoms with Crippen molar-refractivity contribution in [3.63, 3.8) is 0 Å². The fourth-order valence-corrected chi connectivity index (χ4v) is 1.73. The summed E-state index contributed by atoms with van der Waals surface area (Å²) in [6.07, 6.45) is 1.24. The molecule has 0 unspecified atom stereocenters. The van der Waals surface area contributed by atoms with Gasteiger partial charge in [0, 0.05) is 12.2 Å². The molecule has 0 aromatic heterocycles. The van der Waals surface area contributed by atoms with E-state index in [9.17, 15) is 0 Å². The predicted octanol–water partition coefficient (Wildman–Crippen LogP) is 1.75. The van der Waals surface area contributed by atoms with Gasteiger partial charge in [-0.3, -0.25) is 5.32 Å². The van der Waals surface area contributed by atoms with Crippen LogP contribution in [-0.2, 0) is 0 Å². The van der Waals surface area contributed by atoms with Gasteiger partial charge in [0.05, 0.1) is 6.67 Å². The first-order chi connectivity index (χ1) is 6.36. The summed E-state index contributed by atoms with van der Waals surface area (Å²) in [7, 11) is 0. The van der Waals surface area contributed by atoms with E-state index in [4.69, 9.17) is 0 Å². The summed E-state index contributed by atoms with van der Waals surface area (Å²) >= 11 is 0. The van der Waals surface area contributed by atoms with Crippen LogP contribution in [0.1, 0.15) is 12.0 Å². The molecule has 1 aromatic rings. The Labute approximate surface area is 79.6 Å². The SMILES string of the molecule is Cc1cccc(N2CCCNC2)c1. The number of hydrogen-bond donors (Lipinski definition) is 1. The summed E-state index contributed by atoms with van der Waals surface area (Å²) in [5.41, 5.74) is 2.68. The van der Waals surface area contributed by atoms with E-state index in [-0.39, 0.29) is 0 Å². The molecule has 0 saturated carbocycles. The molecule has 1 saturated heterocycles. The molecular weight excluding hydrogens is 160 g/mol. The van der Waals surface area contributed by atoms with E-state index in [0.29, 0.717) is 0 Å². The van der Waals surface area contributed by atoms with Gasteiger partial charge in [0.15, 0.2) is 0 Å². The number of aryl methyl sites for hydroxylation is 1. The Kier molecular flexibility index (Phi) is 2.50. The number of benzene rings is 1. The fourth-order valence-electron chi connectivity index (χ4n) is 1.73. The molecule has 0 bridgehead atoms. The lowest BCUT2D eigenvalue weighted by Crippen LogP contribution is -2.41. The molecule has 1 fully saturated rings. The quantitative estimate of drug-likeness (QED) is 0.701. The molecule has 2 rings (SSSR count). The molecule has 0 amide bonds. The van der Waals surface area contributed by atoms with Crippen LogP contribution in [-0.4, -0.2) is 19.8 Å². The molecule has 0 aliphatic carbocycles. The maximum atomic E-state index is 3.38. The third-order valence-electron chi connectivity index (χ3n) is 2.45. The number of nitrogens with zero attached hydrogens (tertiary/aromatic N) is 1. The van der Waals surface area contributed by atoms with Gasteiger partial charge in [-0.2, -0.15) is 0 Å². The Balaban J connectivity index is 2.14. The second-order valence-corrected chi connectivity index (χ2v) is 3.61. The third kappa shape index (κ3) is 2.01. The molecule has 70 valence electrons. The summed E-state index contributed by atoms with van der Waals surface area (Å²) in [5, 5.41) is 3.38. The summed E-state index contributed by atoms with van der Waals surface area (Å²) in [6, 6.07) is 8.69. The smallest absolute Gasteiger partial charge is 0.0682 e. The van der Waals surface area contributed by atoms with Gasteiger partial charge < -0.3 is 4.90 Å². The molecule has 0 spiro atoms. The number of nitrogens with one attached hydrogen (secondary N) is 1. The average molecular weight is 176 g/mol. The van der Waals surface area contributed by atoms with E-state index in [0.717, 1.165) is 13.2 Å². The first-order valence-corrected chi connectivity index (χ1v) is 4.88. The van der Waals surface area contributed by atoms with Crippen molar-refractivity contribution < 1.29 is 0 Å². The summed E-state index contributed by atoms with van der Waals surface area (Å²) in [5.74, 6) is 0. The molecule has 2 heteroatoms.